The third-order valence-electron chi connectivity index (χ3n) is 4.73. The molecule has 0 aliphatic carbocycles. The highest BCUT2D eigenvalue weighted by Gasteiger charge is 2.25. The molecule has 1 aliphatic rings. The molecule has 0 spiro atoms. The van der Waals surface area contributed by atoms with Gasteiger partial charge in [0.1, 0.15) is 5.82 Å². The fraction of sp³-hybridized carbons (Fsp3) is 0.529. The zero-order valence-electron chi connectivity index (χ0n) is 14.9. The van der Waals surface area contributed by atoms with E-state index in [1.807, 2.05) is 41.8 Å². The average Bonchev–Trinajstić information content (AvgIpc) is 3.21. The van der Waals surface area contributed by atoms with Crippen molar-refractivity contribution in [2.45, 2.75) is 32.2 Å². The van der Waals surface area contributed by atoms with Gasteiger partial charge in [-0.15, -0.1) is 26.6 Å². The molecule has 1 aliphatic heterocycles. The van der Waals surface area contributed by atoms with Crippen molar-refractivity contribution >= 4 is 22.8 Å². The van der Waals surface area contributed by atoms with Crippen molar-refractivity contribution in [3.63, 3.8) is 0 Å². The highest BCUT2D eigenvalue weighted by Crippen LogP contribution is 2.28. The van der Waals surface area contributed by atoms with Crippen LogP contribution in [0.2, 0.25) is 0 Å². The van der Waals surface area contributed by atoms with E-state index in [9.17, 15) is 0 Å². The summed E-state index contributed by atoms with van der Waals surface area (Å²) in [6.07, 6.45) is 4.18. The van der Waals surface area contributed by atoms with Crippen molar-refractivity contribution in [1.82, 2.24) is 29.7 Å². The molecule has 0 atom stereocenters. The lowest BCUT2D eigenvalue weighted by Crippen LogP contribution is -2.32. The first-order valence-electron chi connectivity index (χ1n) is 8.63. The molecule has 0 saturated carbocycles. The number of hydrogen-bond donors (Lipinski definition) is 0. The number of aryl methyl sites for hydroxylation is 1. The van der Waals surface area contributed by atoms with Crippen molar-refractivity contribution < 1.29 is 0 Å². The molecule has 0 bridgehead atoms. The lowest BCUT2D eigenvalue weighted by molar-refractivity contribution is 0.202. The molecule has 4 rings (SSSR count). The summed E-state index contributed by atoms with van der Waals surface area (Å²) in [4.78, 5) is 10.2. The number of thiazole rings is 1. The van der Waals surface area contributed by atoms with Crippen molar-refractivity contribution in [1.29, 1.82) is 0 Å². The van der Waals surface area contributed by atoms with E-state index in [4.69, 9.17) is 5.10 Å². The fourth-order valence-corrected chi connectivity index (χ4v) is 4.17. The molecule has 0 N–H and O–H groups in total. The minimum atomic E-state index is 0.416. The average molecular weight is 357 g/mol. The number of aromatic nitrogens is 5. The van der Waals surface area contributed by atoms with Crippen molar-refractivity contribution in [3.8, 4) is 0 Å². The van der Waals surface area contributed by atoms with Crippen LogP contribution in [0.15, 0.2) is 18.3 Å². The Morgan fingerprint density at radius 3 is 2.68 bits per heavy atom. The highest BCUT2D eigenvalue weighted by molar-refractivity contribution is 7.11. The minimum Gasteiger partial charge on any atom is -0.361 e. The van der Waals surface area contributed by atoms with E-state index in [1.54, 1.807) is 11.3 Å². The van der Waals surface area contributed by atoms with E-state index < -0.39 is 0 Å². The molecule has 1 fully saturated rings. The number of likely N-dealkylation sites (tertiary alicyclic amines) is 1. The zero-order valence-corrected chi connectivity index (χ0v) is 15.7. The third kappa shape index (κ3) is 3.36. The molecule has 132 valence electrons. The van der Waals surface area contributed by atoms with Crippen LogP contribution in [0, 0.1) is 6.92 Å². The molecule has 3 aromatic heterocycles. The number of anilines is 1. The van der Waals surface area contributed by atoms with Crippen LogP contribution in [0.25, 0.3) is 5.65 Å². The number of rotatable bonds is 4. The van der Waals surface area contributed by atoms with E-state index in [2.05, 4.69) is 27.0 Å². The summed E-state index contributed by atoms with van der Waals surface area (Å²) in [6, 6.07) is 3.97. The smallest absolute Gasteiger partial charge is 0.178 e. The van der Waals surface area contributed by atoms with Crippen molar-refractivity contribution in [2.24, 2.45) is 0 Å². The van der Waals surface area contributed by atoms with Crippen LogP contribution in [0.4, 0.5) is 5.82 Å². The maximum atomic E-state index is 4.70. The Kier molecular flexibility index (Phi) is 4.39. The normalized spacial score (nSPS) is 16.6. The van der Waals surface area contributed by atoms with Crippen LogP contribution >= 0.6 is 11.3 Å². The lowest BCUT2D eigenvalue weighted by atomic mass is 9.96. The molecule has 0 radical (unpaired) electrons. The van der Waals surface area contributed by atoms with Gasteiger partial charge >= 0.3 is 0 Å². The lowest BCUT2D eigenvalue weighted by Gasteiger charge is -2.30. The van der Waals surface area contributed by atoms with Crippen molar-refractivity contribution in [2.75, 3.05) is 32.1 Å². The number of fused-ring (bicyclic) bond motifs is 1. The first kappa shape index (κ1) is 16.4. The van der Waals surface area contributed by atoms with Gasteiger partial charge in [0.25, 0.3) is 0 Å². The Bertz CT molecular complexity index is 861. The Balaban J connectivity index is 1.47. The van der Waals surface area contributed by atoms with E-state index in [0.717, 1.165) is 54.8 Å². The molecule has 0 unspecified atom stereocenters. The maximum Gasteiger partial charge on any atom is 0.178 e. The van der Waals surface area contributed by atoms with E-state index in [1.165, 1.54) is 4.88 Å². The molecule has 3 aromatic rings. The van der Waals surface area contributed by atoms with Crippen molar-refractivity contribution in [3.05, 3.63) is 34.0 Å². The predicted octanol–water partition coefficient (Wildman–Crippen LogP) is 2.33. The molecule has 1 saturated heterocycles. The first-order valence-corrected chi connectivity index (χ1v) is 9.45. The van der Waals surface area contributed by atoms with Crippen LogP contribution in [-0.4, -0.2) is 56.9 Å². The second kappa shape index (κ2) is 6.68. The molecule has 8 heteroatoms. The van der Waals surface area contributed by atoms with E-state index in [0.29, 0.717) is 5.92 Å². The van der Waals surface area contributed by atoms with E-state index in [-0.39, 0.29) is 0 Å². The van der Waals surface area contributed by atoms with Gasteiger partial charge in [-0.2, -0.15) is 4.52 Å². The quantitative estimate of drug-likeness (QED) is 0.714. The molecule has 25 heavy (non-hydrogen) atoms. The second-order valence-electron chi connectivity index (χ2n) is 6.81. The van der Waals surface area contributed by atoms with Gasteiger partial charge < -0.3 is 4.90 Å². The van der Waals surface area contributed by atoms with Crippen LogP contribution in [0.5, 0.6) is 0 Å². The number of piperidine rings is 1. The van der Waals surface area contributed by atoms with Crippen LogP contribution in [0.3, 0.4) is 0 Å². The molecular weight excluding hydrogens is 334 g/mol. The zero-order chi connectivity index (χ0) is 17.4. The largest absolute Gasteiger partial charge is 0.361 e. The predicted molar refractivity (Wildman–Crippen MR) is 99.2 cm³/mol. The number of nitrogens with zero attached hydrogens (tertiary/aromatic N) is 7. The van der Waals surface area contributed by atoms with Gasteiger partial charge in [0.05, 0.1) is 5.01 Å². The Morgan fingerprint density at radius 2 is 2.00 bits per heavy atom. The fourth-order valence-electron chi connectivity index (χ4n) is 3.34. The maximum absolute atomic E-state index is 4.70. The van der Waals surface area contributed by atoms with Crippen LogP contribution in [-0.2, 0) is 6.54 Å². The highest BCUT2D eigenvalue weighted by atomic mass is 32.1. The topological polar surface area (TPSA) is 62.5 Å². The molecule has 0 aromatic carbocycles. The summed E-state index contributed by atoms with van der Waals surface area (Å²) >= 11 is 1.79. The van der Waals surface area contributed by atoms with Gasteiger partial charge in [0.2, 0.25) is 0 Å². The summed E-state index contributed by atoms with van der Waals surface area (Å²) in [5.41, 5.74) is 0.822. The van der Waals surface area contributed by atoms with Crippen LogP contribution in [0.1, 0.15) is 34.5 Å². The van der Waals surface area contributed by atoms with E-state index >= 15 is 0 Å². The minimum absolute atomic E-state index is 0.416. The van der Waals surface area contributed by atoms with Gasteiger partial charge in [-0.3, -0.25) is 4.90 Å². The summed E-state index contributed by atoms with van der Waals surface area (Å²) in [5.74, 6) is 2.33. The SMILES string of the molecule is Cc1ncc(CN2CCC(c3nnc4ccc(N(C)C)nn34)CC2)s1. The second-order valence-corrected chi connectivity index (χ2v) is 8.13. The summed E-state index contributed by atoms with van der Waals surface area (Å²) in [5, 5.41) is 14.6. The monoisotopic (exact) mass is 357 g/mol. The summed E-state index contributed by atoms with van der Waals surface area (Å²) < 4.78 is 1.92. The summed E-state index contributed by atoms with van der Waals surface area (Å²) in [7, 11) is 4.00. The third-order valence-corrected chi connectivity index (χ3v) is 5.63. The number of hydrogen-bond acceptors (Lipinski definition) is 7. The van der Waals surface area contributed by atoms with Crippen LogP contribution < -0.4 is 4.90 Å². The van der Waals surface area contributed by atoms with Gasteiger partial charge in [-0.05, 0) is 45.0 Å². The van der Waals surface area contributed by atoms with Gasteiger partial charge in [-0.1, -0.05) is 0 Å². The summed E-state index contributed by atoms with van der Waals surface area (Å²) in [6.45, 7) is 5.21. The Hall–Kier alpha value is -2.06. The Morgan fingerprint density at radius 1 is 1.20 bits per heavy atom. The van der Waals surface area contributed by atoms with Gasteiger partial charge in [-0.25, -0.2) is 4.98 Å². The molecule has 4 heterocycles. The van der Waals surface area contributed by atoms with Gasteiger partial charge in [0.15, 0.2) is 11.5 Å². The standard InChI is InChI=1S/C17H23N7S/c1-12-18-10-14(25-12)11-23-8-6-13(7-9-23)17-20-19-15-4-5-16(22(2)3)21-24(15)17/h4-5,10,13H,6-9,11H2,1-3H3. The molecule has 0 amide bonds. The molecule has 7 nitrogen and oxygen atoms in total. The first-order chi connectivity index (χ1) is 12.1. The van der Waals surface area contributed by atoms with Gasteiger partial charge in [0, 0.05) is 37.6 Å². The molecular formula is C17H23N7S. The Labute approximate surface area is 151 Å².